The number of nitrogens with zero attached hydrogens (tertiary/aromatic N) is 4. The SMILES string of the molecule is CCC1(CC)C=C(CN2CCn3c(ccc(-n4cnc(C)c4)c3=O)C2=O)c2cc(C(F)(F)F)ccc2O1. The van der Waals surface area contributed by atoms with E-state index >= 15 is 0 Å². The number of imidazole rings is 1. The fraction of sp³-hybridized carbons (Fsp3) is 0.370. The number of pyridine rings is 1. The Morgan fingerprint density at radius 2 is 1.84 bits per heavy atom. The van der Waals surface area contributed by atoms with Crippen molar-refractivity contribution in [2.75, 3.05) is 13.1 Å². The molecule has 2 aliphatic heterocycles. The molecule has 0 spiro atoms. The molecule has 0 radical (unpaired) electrons. The van der Waals surface area contributed by atoms with Crippen molar-refractivity contribution in [1.82, 2.24) is 19.0 Å². The van der Waals surface area contributed by atoms with Crippen LogP contribution in [-0.4, -0.2) is 43.6 Å². The number of ether oxygens (including phenoxy) is 1. The van der Waals surface area contributed by atoms with Crippen LogP contribution in [0.3, 0.4) is 0 Å². The van der Waals surface area contributed by atoms with Gasteiger partial charge in [-0.3, -0.25) is 9.59 Å². The van der Waals surface area contributed by atoms with Crippen LogP contribution in [0.4, 0.5) is 13.2 Å². The Morgan fingerprint density at radius 1 is 1.08 bits per heavy atom. The molecule has 3 aromatic rings. The third-order valence-corrected chi connectivity index (χ3v) is 7.21. The number of carbonyl (C=O) groups is 1. The molecule has 10 heteroatoms. The standard InChI is InChI=1S/C27H27F3N4O3/c1-4-26(5-2)13-18(20-12-19(27(28,29)30)6-9-23(20)37-26)15-32-10-11-34-22(24(32)35)8-7-21(25(34)36)33-14-17(3)31-16-33/h6-9,12-14,16H,4-5,10-11,15H2,1-3H3. The Balaban J connectivity index is 1.50. The van der Waals surface area contributed by atoms with Gasteiger partial charge in [0.25, 0.3) is 11.5 Å². The fourth-order valence-corrected chi connectivity index (χ4v) is 4.99. The zero-order valence-corrected chi connectivity index (χ0v) is 20.8. The van der Waals surface area contributed by atoms with Crippen molar-refractivity contribution in [2.45, 2.75) is 51.9 Å². The summed E-state index contributed by atoms with van der Waals surface area (Å²) in [6, 6.07) is 6.66. The molecule has 0 saturated carbocycles. The average Bonchev–Trinajstić information content (AvgIpc) is 3.30. The van der Waals surface area contributed by atoms with Crippen molar-refractivity contribution in [3.63, 3.8) is 0 Å². The van der Waals surface area contributed by atoms with Crippen LogP contribution >= 0.6 is 0 Å². The summed E-state index contributed by atoms with van der Waals surface area (Å²) in [6.07, 6.45) is 1.88. The molecule has 0 fully saturated rings. The van der Waals surface area contributed by atoms with Gasteiger partial charge in [0.1, 0.15) is 22.7 Å². The van der Waals surface area contributed by atoms with Gasteiger partial charge in [-0.25, -0.2) is 4.98 Å². The molecular weight excluding hydrogens is 485 g/mol. The Hall–Kier alpha value is -3.82. The second-order valence-electron chi connectivity index (χ2n) is 9.46. The van der Waals surface area contributed by atoms with E-state index in [0.29, 0.717) is 35.4 Å². The third-order valence-electron chi connectivity index (χ3n) is 7.21. The van der Waals surface area contributed by atoms with Crippen LogP contribution in [0, 0.1) is 6.92 Å². The monoisotopic (exact) mass is 512 g/mol. The molecule has 1 amide bonds. The van der Waals surface area contributed by atoms with E-state index in [1.165, 1.54) is 10.6 Å². The minimum atomic E-state index is -4.50. The van der Waals surface area contributed by atoms with Crippen LogP contribution in [0.5, 0.6) is 5.75 Å². The first kappa shape index (κ1) is 24.9. The number of hydrogen-bond donors (Lipinski definition) is 0. The van der Waals surface area contributed by atoms with Gasteiger partial charge in [0, 0.05) is 31.4 Å². The summed E-state index contributed by atoms with van der Waals surface area (Å²) >= 11 is 0. The Morgan fingerprint density at radius 3 is 2.49 bits per heavy atom. The van der Waals surface area contributed by atoms with Crippen LogP contribution in [-0.2, 0) is 12.7 Å². The molecule has 0 aliphatic carbocycles. The maximum atomic E-state index is 13.5. The second kappa shape index (κ2) is 8.93. The highest BCUT2D eigenvalue weighted by Gasteiger charge is 2.37. The van der Waals surface area contributed by atoms with Gasteiger partial charge in [0.2, 0.25) is 0 Å². The molecule has 37 heavy (non-hydrogen) atoms. The lowest BCUT2D eigenvalue weighted by Gasteiger charge is -2.38. The normalized spacial score (nSPS) is 16.6. The number of aryl methyl sites for hydroxylation is 1. The maximum Gasteiger partial charge on any atom is 0.416 e. The van der Waals surface area contributed by atoms with Gasteiger partial charge in [0.05, 0.1) is 17.6 Å². The Bertz CT molecular complexity index is 1460. The minimum absolute atomic E-state index is 0.106. The van der Waals surface area contributed by atoms with Crippen molar-refractivity contribution >= 4 is 11.5 Å². The number of fused-ring (bicyclic) bond motifs is 2. The first-order valence-electron chi connectivity index (χ1n) is 12.2. The Kier molecular flexibility index (Phi) is 6.00. The largest absolute Gasteiger partial charge is 0.483 e. The molecule has 0 bridgehead atoms. The van der Waals surface area contributed by atoms with E-state index in [2.05, 4.69) is 4.98 Å². The van der Waals surface area contributed by atoms with E-state index in [4.69, 9.17) is 4.74 Å². The molecule has 0 atom stereocenters. The zero-order chi connectivity index (χ0) is 26.5. The van der Waals surface area contributed by atoms with E-state index in [9.17, 15) is 22.8 Å². The number of rotatable bonds is 5. The molecule has 2 aliphatic rings. The fourth-order valence-electron chi connectivity index (χ4n) is 4.99. The van der Waals surface area contributed by atoms with Crippen LogP contribution in [0.25, 0.3) is 11.3 Å². The number of alkyl halides is 3. The van der Waals surface area contributed by atoms with Gasteiger partial charge in [-0.15, -0.1) is 0 Å². The average molecular weight is 513 g/mol. The van der Waals surface area contributed by atoms with Crippen LogP contribution in [0.1, 0.15) is 54.0 Å². The zero-order valence-electron chi connectivity index (χ0n) is 20.8. The van der Waals surface area contributed by atoms with Gasteiger partial charge >= 0.3 is 6.18 Å². The molecule has 1 aromatic carbocycles. The van der Waals surface area contributed by atoms with Crippen molar-refractivity contribution in [3.05, 3.63) is 81.8 Å². The number of halogens is 3. The topological polar surface area (TPSA) is 69.4 Å². The molecule has 0 saturated heterocycles. The predicted octanol–water partition coefficient (Wildman–Crippen LogP) is 4.85. The van der Waals surface area contributed by atoms with Crippen molar-refractivity contribution < 1.29 is 22.7 Å². The van der Waals surface area contributed by atoms with Gasteiger partial charge in [-0.05, 0) is 61.7 Å². The molecule has 7 nitrogen and oxygen atoms in total. The molecule has 0 N–H and O–H groups in total. The summed E-state index contributed by atoms with van der Waals surface area (Å²) in [5.41, 5.74) is 0.578. The lowest BCUT2D eigenvalue weighted by molar-refractivity contribution is -0.137. The first-order valence-corrected chi connectivity index (χ1v) is 12.2. The minimum Gasteiger partial charge on any atom is -0.483 e. The second-order valence-corrected chi connectivity index (χ2v) is 9.46. The molecule has 0 unspecified atom stereocenters. The van der Waals surface area contributed by atoms with E-state index in [1.807, 2.05) is 26.8 Å². The maximum absolute atomic E-state index is 13.5. The number of carbonyl (C=O) groups excluding carboxylic acids is 1. The smallest absolute Gasteiger partial charge is 0.416 e. The van der Waals surface area contributed by atoms with Crippen molar-refractivity contribution in [2.24, 2.45) is 0 Å². The highest BCUT2D eigenvalue weighted by Crippen LogP contribution is 2.42. The lowest BCUT2D eigenvalue weighted by Crippen LogP contribution is -2.46. The van der Waals surface area contributed by atoms with E-state index in [1.54, 1.807) is 34.1 Å². The number of aromatic nitrogens is 3. The predicted molar refractivity (Wildman–Crippen MR) is 132 cm³/mol. The third kappa shape index (κ3) is 4.34. The molecule has 5 rings (SSSR count). The first-order chi connectivity index (χ1) is 17.5. The van der Waals surface area contributed by atoms with E-state index in [0.717, 1.165) is 17.8 Å². The number of benzene rings is 1. The highest BCUT2D eigenvalue weighted by molar-refractivity contribution is 5.94. The Labute approximate surface area is 211 Å². The van der Waals surface area contributed by atoms with Crippen LogP contribution in [0.2, 0.25) is 0 Å². The summed E-state index contributed by atoms with van der Waals surface area (Å²) in [5, 5.41) is 0. The van der Waals surface area contributed by atoms with Crippen LogP contribution in [0.15, 0.2) is 53.7 Å². The van der Waals surface area contributed by atoms with Gasteiger partial charge in [-0.1, -0.05) is 13.8 Å². The quantitative estimate of drug-likeness (QED) is 0.490. The van der Waals surface area contributed by atoms with Gasteiger partial charge in [-0.2, -0.15) is 13.2 Å². The van der Waals surface area contributed by atoms with Gasteiger partial charge < -0.3 is 18.8 Å². The molecule has 194 valence electrons. The van der Waals surface area contributed by atoms with E-state index in [-0.39, 0.29) is 36.8 Å². The summed E-state index contributed by atoms with van der Waals surface area (Å²) < 4.78 is 49.7. The van der Waals surface area contributed by atoms with Gasteiger partial charge in [0.15, 0.2) is 0 Å². The summed E-state index contributed by atoms with van der Waals surface area (Å²) in [4.78, 5) is 32.3. The highest BCUT2D eigenvalue weighted by atomic mass is 19.4. The van der Waals surface area contributed by atoms with Crippen molar-refractivity contribution in [1.29, 1.82) is 0 Å². The van der Waals surface area contributed by atoms with Crippen LogP contribution < -0.4 is 10.3 Å². The molecule has 2 aromatic heterocycles. The molecule has 4 heterocycles. The number of amides is 1. The summed E-state index contributed by atoms with van der Waals surface area (Å²) in [6.45, 7) is 6.36. The number of hydrogen-bond acceptors (Lipinski definition) is 4. The lowest BCUT2D eigenvalue weighted by atomic mass is 9.87. The van der Waals surface area contributed by atoms with E-state index < -0.39 is 17.3 Å². The summed E-state index contributed by atoms with van der Waals surface area (Å²) in [7, 11) is 0. The summed E-state index contributed by atoms with van der Waals surface area (Å²) in [5.74, 6) is 0.0202. The molecular formula is C27H27F3N4O3. The van der Waals surface area contributed by atoms with Crippen molar-refractivity contribution in [3.8, 4) is 11.4 Å².